The fourth-order valence-electron chi connectivity index (χ4n) is 1.31. The van der Waals surface area contributed by atoms with Crippen LogP contribution in [0.5, 0.6) is 0 Å². The van der Waals surface area contributed by atoms with E-state index in [2.05, 4.69) is 16.6 Å². The zero-order valence-corrected chi connectivity index (χ0v) is 13.7. The van der Waals surface area contributed by atoms with Crippen LogP contribution < -0.4 is 5.32 Å². The molecule has 0 heterocycles. The van der Waals surface area contributed by atoms with Gasteiger partial charge in [0.05, 0.1) is 60.0 Å². The van der Waals surface area contributed by atoms with E-state index in [0.29, 0.717) is 59.4 Å². The lowest BCUT2D eigenvalue weighted by Crippen LogP contribution is -2.27. The minimum absolute atomic E-state index is 0.418. The summed E-state index contributed by atoms with van der Waals surface area (Å²) in [6.07, 6.45) is 0.429. The number of carbonyl (C=O) groups is 1. The molecule has 0 spiro atoms. The van der Waals surface area contributed by atoms with Crippen LogP contribution in [-0.4, -0.2) is 72.6 Å². The van der Waals surface area contributed by atoms with Crippen LogP contribution >= 0.6 is 0 Å². The predicted octanol–water partition coefficient (Wildman–Crippen LogP) is 1.37. The Balaban J connectivity index is 3.02. The van der Waals surface area contributed by atoms with Crippen LogP contribution in [0.25, 0.3) is 0 Å². The summed E-state index contributed by atoms with van der Waals surface area (Å²) in [5.74, 6) is 0. The van der Waals surface area contributed by atoms with Crippen LogP contribution in [0, 0.1) is 0 Å². The van der Waals surface area contributed by atoms with Gasteiger partial charge in [0, 0.05) is 6.54 Å². The Kier molecular flexibility index (Phi) is 15.4. The van der Waals surface area contributed by atoms with E-state index < -0.39 is 6.09 Å². The Morgan fingerprint density at radius 2 is 1.32 bits per heavy atom. The third-order valence-electron chi connectivity index (χ3n) is 2.49. The second-order valence-corrected chi connectivity index (χ2v) is 4.57. The second-order valence-electron chi connectivity index (χ2n) is 4.57. The highest BCUT2D eigenvalue weighted by Crippen LogP contribution is 1.94. The molecule has 0 aliphatic heterocycles. The van der Waals surface area contributed by atoms with Crippen LogP contribution in [0.2, 0.25) is 0 Å². The monoisotopic (exact) mass is 319 g/mol. The van der Waals surface area contributed by atoms with Gasteiger partial charge in [-0.1, -0.05) is 5.57 Å². The summed E-state index contributed by atoms with van der Waals surface area (Å²) in [7, 11) is 1.32. The van der Waals surface area contributed by atoms with Crippen molar-refractivity contribution in [2.75, 3.05) is 66.5 Å². The minimum atomic E-state index is -0.458. The summed E-state index contributed by atoms with van der Waals surface area (Å²) in [6, 6.07) is 0. The van der Waals surface area contributed by atoms with Crippen molar-refractivity contribution in [1.82, 2.24) is 5.32 Å². The number of carbonyl (C=O) groups excluding carboxylic acids is 1. The first-order chi connectivity index (χ1) is 10.7. The molecule has 22 heavy (non-hydrogen) atoms. The first-order valence-corrected chi connectivity index (χ1v) is 7.44. The van der Waals surface area contributed by atoms with E-state index in [1.807, 2.05) is 6.92 Å². The van der Waals surface area contributed by atoms with Gasteiger partial charge in [-0.25, -0.2) is 4.79 Å². The maximum absolute atomic E-state index is 10.7. The molecule has 0 aromatic carbocycles. The molecule has 0 rings (SSSR count). The van der Waals surface area contributed by atoms with Crippen molar-refractivity contribution in [2.24, 2.45) is 0 Å². The van der Waals surface area contributed by atoms with Crippen LogP contribution in [-0.2, 0) is 23.7 Å². The highest BCUT2D eigenvalue weighted by Gasteiger charge is 1.96. The summed E-state index contributed by atoms with van der Waals surface area (Å²) in [5.41, 5.74) is 1.12. The molecule has 0 atom stereocenters. The highest BCUT2D eigenvalue weighted by atomic mass is 16.6. The van der Waals surface area contributed by atoms with Crippen molar-refractivity contribution >= 4 is 6.09 Å². The van der Waals surface area contributed by atoms with Gasteiger partial charge >= 0.3 is 6.09 Å². The van der Waals surface area contributed by atoms with Crippen LogP contribution in [0.4, 0.5) is 4.79 Å². The molecule has 0 unspecified atom stereocenters. The third-order valence-corrected chi connectivity index (χ3v) is 2.49. The van der Waals surface area contributed by atoms with Gasteiger partial charge in [-0.3, -0.25) is 0 Å². The highest BCUT2D eigenvalue weighted by molar-refractivity contribution is 5.66. The molecule has 130 valence electrons. The lowest BCUT2D eigenvalue weighted by Gasteiger charge is -2.08. The van der Waals surface area contributed by atoms with Gasteiger partial charge in [-0.2, -0.15) is 0 Å². The van der Waals surface area contributed by atoms with Gasteiger partial charge < -0.3 is 29.0 Å². The van der Waals surface area contributed by atoms with E-state index >= 15 is 0 Å². The number of ether oxygens (including phenoxy) is 5. The van der Waals surface area contributed by atoms with Crippen LogP contribution in [0.3, 0.4) is 0 Å². The topological polar surface area (TPSA) is 75.3 Å². The molecule has 0 aromatic rings. The van der Waals surface area contributed by atoms with Crippen molar-refractivity contribution in [1.29, 1.82) is 0 Å². The van der Waals surface area contributed by atoms with Gasteiger partial charge in [-0.05, 0) is 13.3 Å². The lowest BCUT2D eigenvalue weighted by molar-refractivity contribution is -0.00109. The zero-order chi connectivity index (χ0) is 16.5. The van der Waals surface area contributed by atoms with Crippen molar-refractivity contribution in [2.45, 2.75) is 13.3 Å². The quantitative estimate of drug-likeness (QED) is 0.363. The Labute approximate surface area is 132 Å². The normalized spacial score (nSPS) is 10.5. The standard InChI is InChI=1S/C15H29NO6/c1-14(2)4-6-19-8-10-21-12-13-22-11-9-20-7-5-16-15(17)18-3/h1,4-13H2,2-3H3,(H,16,17). The SMILES string of the molecule is C=C(C)CCOCCOCCOCCOCCNC(=O)OC. The molecule has 0 saturated heterocycles. The van der Waals surface area contributed by atoms with Crippen molar-refractivity contribution in [3.8, 4) is 0 Å². The number of hydrogen-bond acceptors (Lipinski definition) is 6. The van der Waals surface area contributed by atoms with Gasteiger partial charge in [0.2, 0.25) is 0 Å². The Morgan fingerprint density at radius 1 is 0.864 bits per heavy atom. The largest absolute Gasteiger partial charge is 0.453 e. The van der Waals surface area contributed by atoms with Crippen molar-refractivity contribution in [3.05, 3.63) is 12.2 Å². The number of amides is 1. The van der Waals surface area contributed by atoms with E-state index in [9.17, 15) is 4.79 Å². The Morgan fingerprint density at radius 3 is 1.77 bits per heavy atom. The van der Waals surface area contributed by atoms with E-state index in [1.165, 1.54) is 7.11 Å². The molecule has 0 aliphatic carbocycles. The fraction of sp³-hybridized carbons (Fsp3) is 0.800. The van der Waals surface area contributed by atoms with Gasteiger partial charge in [0.15, 0.2) is 0 Å². The van der Waals surface area contributed by atoms with Crippen molar-refractivity contribution in [3.63, 3.8) is 0 Å². The molecule has 0 saturated carbocycles. The molecule has 0 aromatic heterocycles. The lowest BCUT2D eigenvalue weighted by atomic mass is 10.3. The third kappa shape index (κ3) is 16.9. The van der Waals surface area contributed by atoms with Gasteiger partial charge in [0.1, 0.15) is 0 Å². The second kappa shape index (κ2) is 16.2. The first-order valence-electron chi connectivity index (χ1n) is 7.44. The average molecular weight is 319 g/mol. The molecular weight excluding hydrogens is 290 g/mol. The van der Waals surface area contributed by atoms with E-state index in [0.717, 1.165) is 12.0 Å². The van der Waals surface area contributed by atoms with Crippen LogP contribution in [0.15, 0.2) is 12.2 Å². The first kappa shape index (κ1) is 20.9. The maximum Gasteiger partial charge on any atom is 0.406 e. The number of methoxy groups -OCH3 is 1. The van der Waals surface area contributed by atoms with Crippen LogP contribution in [0.1, 0.15) is 13.3 Å². The molecule has 1 amide bonds. The summed E-state index contributed by atoms with van der Waals surface area (Å²) < 4.78 is 25.7. The van der Waals surface area contributed by atoms with Crippen molar-refractivity contribution < 1.29 is 28.5 Å². The molecule has 0 bridgehead atoms. The number of alkyl carbamates (subject to hydrolysis) is 1. The molecule has 0 radical (unpaired) electrons. The number of rotatable bonds is 15. The number of hydrogen-bond donors (Lipinski definition) is 1. The van der Waals surface area contributed by atoms with Gasteiger partial charge in [-0.15, -0.1) is 6.58 Å². The Hall–Kier alpha value is -1.15. The molecular formula is C15H29NO6. The molecule has 1 N–H and O–H groups in total. The maximum atomic E-state index is 10.7. The predicted molar refractivity (Wildman–Crippen MR) is 83.1 cm³/mol. The molecule has 7 heteroatoms. The smallest absolute Gasteiger partial charge is 0.406 e. The minimum Gasteiger partial charge on any atom is -0.453 e. The summed E-state index contributed by atoms with van der Waals surface area (Å²) >= 11 is 0. The fourth-order valence-corrected chi connectivity index (χ4v) is 1.31. The average Bonchev–Trinajstić information content (AvgIpc) is 2.50. The summed E-state index contributed by atoms with van der Waals surface area (Å²) in [5, 5.41) is 2.51. The van der Waals surface area contributed by atoms with Gasteiger partial charge in [0.25, 0.3) is 0 Å². The number of nitrogens with one attached hydrogen (secondary N) is 1. The summed E-state index contributed by atoms with van der Waals surface area (Å²) in [6.45, 7) is 10.5. The van der Waals surface area contributed by atoms with E-state index in [1.54, 1.807) is 0 Å². The molecule has 7 nitrogen and oxygen atoms in total. The van der Waals surface area contributed by atoms with E-state index in [4.69, 9.17) is 18.9 Å². The summed E-state index contributed by atoms with van der Waals surface area (Å²) in [4.78, 5) is 10.7. The van der Waals surface area contributed by atoms with E-state index in [-0.39, 0.29) is 0 Å². The molecule has 0 fully saturated rings. The Bertz CT molecular complexity index is 285. The zero-order valence-electron chi connectivity index (χ0n) is 13.7. The molecule has 0 aliphatic rings.